The lowest BCUT2D eigenvalue weighted by molar-refractivity contribution is -0.380. The SMILES string of the molecule is CC(C)C1C[C@@H](C(C)C)O[C@]2(C1)CC(C)C(C)(C)C(C)(C)O2. The van der Waals surface area contributed by atoms with E-state index in [0.717, 1.165) is 12.8 Å². The smallest absolute Gasteiger partial charge is 0.169 e. The average molecular weight is 311 g/mol. The highest BCUT2D eigenvalue weighted by atomic mass is 16.7. The molecule has 0 aromatic rings. The molecule has 0 saturated carbocycles. The van der Waals surface area contributed by atoms with Crippen LogP contribution in [-0.2, 0) is 9.47 Å². The summed E-state index contributed by atoms with van der Waals surface area (Å²) in [4.78, 5) is 0. The van der Waals surface area contributed by atoms with Crippen molar-refractivity contribution in [3.8, 4) is 0 Å². The van der Waals surface area contributed by atoms with Gasteiger partial charge in [-0.1, -0.05) is 48.5 Å². The molecule has 0 N–H and O–H groups in total. The maximum absolute atomic E-state index is 6.73. The minimum Gasteiger partial charge on any atom is -0.346 e. The molecule has 2 nitrogen and oxygen atoms in total. The van der Waals surface area contributed by atoms with Crippen LogP contribution < -0.4 is 0 Å². The molecule has 0 bridgehead atoms. The zero-order valence-electron chi connectivity index (χ0n) is 16.3. The standard InChI is InChI=1S/C20H38O2/c1-13(2)16-10-17(14(3)4)21-20(12-16)11-15(5)18(6,7)19(8,9)22-20/h13-17H,10-12H2,1-9H3/t15?,16?,17-,20+/m0/s1. The molecule has 2 unspecified atom stereocenters. The molecule has 2 saturated heterocycles. The number of rotatable bonds is 2. The summed E-state index contributed by atoms with van der Waals surface area (Å²) in [6, 6.07) is 0. The van der Waals surface area contributed by atoms with E-state index in [-0.39, 0.29) is 16.8 Å². The predicted octanol–water partition coefficient (Wildman–Crippen LogP) is 5.65. The fourth-order valence-electron chi connectivity index (χ4n) is 4.22. The van der Waals surface area contributed by atoms with Gasteiger partial charge in [0, 0.05) is 12.8 Å². The van der Waals surface area contributed by atoms with Crippen molar-refractivity contribution in [3.05, 3.63) is 0 Å². The third-order valence-electron chi connectivity index (χ3n) is 7.00. The largest absolute Gasteiger partial charge is 0.346 e. The van der Waals surface area contributed by atoms with E-state index in [0.29, 0.717) is 29.8 Å². The first kappa shape index (κ1) is 18.3. The zero-order chi connectivity index (χ0) is 16.9. The van der Waals surface area contributed by atoms with Crippen molar-refractivity contribution >= 4 is 0 Å². The zero-order valence-corrected chi connectivity index (χ0v) is 16.3. The number of hydrogen-bond donors (Lipinski definition) is 0. The van der Waals surface area contributed by atoms with Crippen molar-refractivity contribution in [1.29, 1.82) is 0 Å². The Morgan fingerprint density at radius 2 is 1.50 bits per heavy atom. The highest BCUT2D eigenvalue weighted by Crippen LogP contribution is 2.55. The second kappa shape index (κ2) is 5.77. The molecule has 2 rings (SSSR count). The molecule has 2 fully saturated rings. The Morgan fingerprint density at radius 3 is 1.95 bits per heavy atom. The van der Waals surface area contributed by atoms with Gasteiger partial charge in [0.05, 0.1) is 11.7 Å². The summed E-state index contributed by atoms with van der Waals surface area (Å²) in [5, 5.41) is 0. The maximum Gasteiger partial charge on any atom is 0.169 e. The van der Waals surface area contributed by atoms with Crippen LogP contribution in [0.5, 0.6) is 0 Å². The maximum atomic E-state index is 6.73. The summed E-state index contributed by atoms with van der Waals surface area (Å²) in [5.74, 6) is 2.16. The lowest BCUT2D eigenvalue weighted by Crippen LogP contribution is -2.62. The van der Waals surface area contributed by atoms with Gasteiger partial charge in [-0.3, -0.25) is 0 Å². The van der Waals surface area contributed by atoms with E-state index >= 15 is 0 Å². The average Bonchev–Trinajstić information content (AvgIpc) is 2.35. The van der Waals surface area contributed by atoms with Crippen LogP contribution in [0.15, 0.2) is 0 Å². The molecule has 2 heteroatoms. The predicted molar refractivity (Wildman–Crippen MR) is 92.7 cm³/mol. The van der Waals surface area contributed by atoms with Crippen molar-refractivity contribution in [2.45, 2.75) is 99.1 Å². The van der Waals surface area contributed by atoms with Gasteiger partial charge in [-0.15, -0.1) is 0 Å². The quantitative estimate of drug-likeness (QED) is 0.656. The highest BCUT2D eigenvalue weighted by molar-refractivity contribution is 5.01. The molecule has 2 aliphatic heterocycles. The molecule has 0 aromatic carbocycles. The fourth-order valence-corrected chi connectivity index (χ4v) is 4.22. The monoisotopic (exact) mass is 310 g/mol. The van der Waals surface area contributed by atoms with E-state index in [1.54, 1.807) is 0 Å². The lowest BCUT2D eigenvalue weighted by Gasteiger charge is -2.60. The van der Waals surface area contributed by atoms with Crippen LogP contribution >= 0.6 is 0 Å². The Hall–Kier alpha value is -0.0800. The molecule has 0 amide bonds. The number of hydrogen-bond acceptors (Lipinski definition) is 2. The van der Waals surface area contributed by atoms with Crippen LogP contribution in [0.4, 0.5) is 0 Å². The lowest BCUT2D eigenvalue weighted by atomic mass is 9.62. The fraction of sp³-hybridized carbons (Fsp3) is 1.00. The van der Waals surface area contributed by atoms with Crippen molar-refractivity contribution in [1.82, 2.24) is 0 Å². The molecule has 2 aliphatic rings. The summed E-state index contributed by atoms with van der Waals surface area (Å²) in [6.07, 6.45) is 3.58. The second-order valence-corrected chi connectivity index (χ2v) is 9.69. The van der Waals surface area contributed by atoms with Crippen LogP contribution in [0.1, 0.15) is 81.6 Å². The van der Waals surface area contributed by atoms with Crippen LogP contribution in [-0.4, -0.2) is 17.5 Å². The molecule has 0 aromatic heterocycles. The van der Waals surface area contributed by atoms with Gasteiger partial charge in [-0.25, -0.2) is 0 Å². The molecular weight excluding hydrogens is 272 g/mol. The summed E-state index contributed by atoms with van der Waals surface area (Å²) in [5.41, 5.74) is 0.00474. The molecule has 130 valence electrons. The van der Waals surface area contributed by atoms with Gasteiger partial charge in [0.25, 0.3) is 0 Å². The summed E-state index contributed by atoms with van der Waals surface area (Å²) >= 11 is 0. The van der Waals surface area contributed by atoms with Gasteiger partial charge in [-0.05, 0) is 49.4 Å². The molecule has 1 spiro atoms. The van der Waals surface area contributed by atoms with Gasteiger partial charge in [0.1, 0.15) is 0 Å². The Balaban J connectivity index is 2.31. The van der Waals surface area contributed by atoms with E-state index < -0.39 is 0 Å². The van der Waals surface area contributed by atoms with E-state index in [1.165, 1.54) is 6.42 Å². The summed E-state index contributed by atoms with van der Waals surface area (Å²) in [7, 11) is 0. The normalized spacial score (nSPS) is 41.3. The first-order valence-electron chi connectivity index (χ1n) is 9.28. The minimum absolute atomic E-state index is 0.162. The highest BCUT2D eigenvalue weighted by Gasteiger charge is 2.57. The van der Waals surface area contributed by atoms with Crippen molar-refractivity contribution < 1.29 is 9.47 Å². The van der Waals surface area contributed by atoms with Gasteiger partial charge in [0.15, 0.2) is 5.79 Å². The van der Waals surface area contributed by atoms with E-state index in [4.69, 9.17) is 9.47 Å². The van der Waals surface area contributed by atoms with Crippen molar-refractivity contribution in [3.63, 3.8) is 0 Å². The van der Waals surface area contributed by atoms with Crippen LogP contribution in [0.25, 0.3) is 0 Å². The van der Waals surface area contributed by atoms with E-state index in [2.05, 4.69) is 62.3 Å². The molecule has 0 aliphatic carbocycles. The van der Waals surface area contributed by atoms with Crippen LogP contribution in [0, 0.1) is 29.1 Å². The van der Waals surface area contributed by atoms with E-state index in [1.807, 2.05) is 0 Å². The molecular formula is C20H38O2. The van der Waals surface area contributed by atoms with Crippen LogP contribution in [0.2, 0.25) is 0 Å². The molecule has 2 heterocycles. The number of ether oxygens (including phenoxy) is 2. The van der Waals surface area contributed by atoms with Gasteiger partial charge < -0.3 is 9.47 Å². The van der Waals surface area contributed by atoms with Gasteiger partial charge in [-0.2, -0.15) is 0 Å². The first-order valence-corrected chi connectivity index (χ1v) is 9.28. The van der Waals surface area contributed by atoms with Gasteiger partial charge in [0.2, 0.25) is 0 Å². The Morgan fingerprint density at radius 1 is 0.909 bits per heavy atom. The molecule has 22 heavy (non-hydrogen) atoms. The van der Waals surface area contributed by atoms with Crippen LogP contribution in [0.3, 0.4) is 0 Å². The third-order valence-corrected chi connectivity index (χ3v) is 7.00. The van der Waals surface area contributed by atoms with Crippen molar-refractivity contribution in [2.24, 2.45) is 29.1 Å². The van der Waals surface area contributed by atoms with E-state index in [9.17, 15) is 0 Å². The van der Waals surface area contributed by atoms with Crippen molar-refractivity contribution in [2.75, 3.05) is 0 Å². The Labute approximate surface area is 138 Å². The summed E-state index contributed by atoms with van der Waals surface area (Å²) in [6.45, 7) is 20.8. The Bertz CT molecular complexity index is 373. The minimum atomic E-state index is -0.374. The Kier molecular flexibility index (Phi) is 4.79. The summed E-state index contributed by atoms with van der Waals surface area (Å²) < 4.78 is 13.4. The molecule has 4 atom stereocenters. The third kappa shape index (κ3) is 3.11. The van der Waals surface area contributed by atoms with Gasteiger partial charge >= 0.3 is 0 Å². The topological polar surface area (TPSA) is 18.5 Å². The second-order valence-electron chi connectivity index (χ2n) is 9.69. The molecule has 0 radical (unpaired) electrons. The first-order chi connectivity index (χ1) is 9.90.